The number of esters is 1. The van der Waals surface area contributed by atoms with E-state index in [9.17, 15) is 14.4 Å². The van der Waals surface area contributed by atoms with Crippen molar-refractivity contribution in [3.8, 4) is 0 Å². The molecule has 10 nitrogen and oxygen atoms in total. The molecule has 34 heavy (non-hydrogen) atoms. The van der Waals surface area contributed by atoms with E-state index in [2.05, 4.69) is 15.3 Å². The predicted octanol–water partition coefficient (Wildman–Crippen LogP) is 2.11. The average Bonchev–Trinajstić information content (AvgIpc) is 3.53. The number of aryl methyl sites for hydroxylation is 2. The first kappa shape index (κ1) is 22.0. The molecule has 178 valence electrons. The lowest BCUT2D eigenvalue weighted by Gasteiger charge is -2.13. The van der Waals surface area contributed by atoms with E-state index in [1.165, 1.54) is 9.13 Å². The number of aromatic nitrogens is 5. The molecule has 5 rings (SSSR count). The summed E-state index contributed by atoms with van der Waals surface area (Å²) in [6.45, 7) is 2.31. The number of fused-ring (bicyclic) bond motifs is 2. The van der Waals surface area contributed by atoms with Crippen LogP contribution in [-0.2, 0) is 30.2 Å². The van der Waals surface area contributed by atoms with Gasteiger partial charge in [-0.1, -0.05) is 18.2 Å². The molecule has 0 radical (unpaired) electrons. The molecule has 0 spiro atoms. The Labute approximate surface area is 195 Å². The van der Waals surface area contributed by atoms with Gasteiger partial charge in [-0.05, 0) is 43.7 Å². The van der Waals surface area contributed by atoms with E-state index < -0.39 is 11.2 Å². The lowest BCUT2D eigenvalue weighted by atomic mass is 10.1. The molecule has 2 N–H and O–H groups in total. The lowest BCUT2D eigenvalue weighted by molar-refractivity contribution is -0.147. The molecule has 1 aliphatic rings. The highest BCUT2D eigenvalue weighted by atomic mass is 16.5. The summed E-state index contributed by atoms with van der Waals surface area (Å²) in [6, 6.07) is 9.80. The van der Waals surface area contributed by atoms with Crippen LogP contribution in [0.2, 0.25) is 0 Å². The van der Waals surface area contributed by atoms with Gasteiger partial charge in [0.1, 0.15) is 0 Å². The van der Waals surface area contributed by atoms with Crippen molar-refractivity contribution < 1.29 is 9.53 Å². The van der Waals surface area contributed by atoms with E-state index in [1.807, 2.05) is 30.3 Å². The molecular formula is C24H28N6O4. The van der Waals surface area contributed by atoms with Gasteiger partial charge in [-0.2, -0.15) is 4.98 Å². The third kappa shape index (κ3) is 3.68. The highest BCUT2D eigenvalue weighted by Crippen LogP contribution is 2.29. The average molecular weight is 465 g/mol. The lowest BCUT2D eigenvalue weighted by Crippen LogP contribution is -2.39. The number of hydrogen-bond donors (Lipinski definition) is 2. The number of rotatable bonds is 6. The molecule has 1 saturated carbocycles. The first-order valence-corrected chi connectivity index (χ1v) is 11.5. The second-order valence-corrected chi connectivity index (χ2v) is 8.88. The van der Waals surface area contributed by atoms with Crippen LogP contribution >= 0.6 is 0 Å². The van der Waals surface area contributed by atoms with Gasteiger partial charge in [-0.25, -0.2) is 4.79 Å². The number of anilines is 1. The number of aromatic amines is 1. The Bertz CT molecular complexity index is 1470. The SMILES string of the molecule is CCOC(=O)[C@H]1CCC(Nc2nc3c(c(=O)n(Cc4cc5ccccc5[nH]4)c(=O)n3C)n2C)C1. The first-order valence-electron chi connectivity index (χ1n) is 11.5. The Kier molecular flexibility index (Phi) is 5.51. The standard InChI is InChI=1S/C24H28N6O4/c1-4-34-22(32)15-9-10-16(12-15)26-23-27-20-19(28(23)2)21(31)30(24(33)29(20)3)13-17-11-14-7-5-6-8-18(14)25-17/h5-8,11,15-16,25H,4,9-10,12-13H2,1-3H3,(H,26,27)/t15-,16?/m0/s1. The van der Waals surface area contributed by atoms with Gasteiger partial charge in [0.15, 0.2) is 11.2 Å². The van der Waals surface area contributed by atoms with Crippen molar-refractivity contribution in [1.82, 2.24) is 23.7 Å². The Morgan fingerprint density at radius 2 is 2.00 bits per heavy atom. The summed E-state index contributed by atoms with van der Waals surface area (Å²) in [5.74, 6) is 0.198. The molecule has 2 atom stereocenters. The number of nitrogens with zero attached hydrogens (tertiary/aromatic N) is 4. The Morgan fingerprint density at radius 3 is 2.76 bits per heavy atom. The van der Waals surface area contributed by atoms with Gasteiger partial charge in [0.05, 0.1) is 19.1 Å². The summed E-state index contributed by atoms with van der Waals surface area (Å²) in [7, 11) is 3.38. The number of nitrogens with one attached hydrogen (secondary N) is 2. The van der Waals surface area contributed by atoms with E-state index in [4.69, 9.17) is 4.74 Å². The van der Waals surface area contributed by atoms with Crippen LogP contribution in [0.1, 0.15) is 31.9 Å². The fourth-order valence-corrected chi connectivity index (χ4v) is 4.87. The summed E-state index contributed by atoms with van der Waals surface area (Å²) >= 11 is 0. The number of benzene rings is 1. The van der Waals surface area contributed by atoms with Crippen LogP contribution in [0, 0.1) is 5.92 Å². The first-order chi connectivity index (χ1) is 16.4. The van der Waals surface area contributed by atoms with Crippen LogP contribution in [-0.4, -0.2) is 42.3 Å². The quantitative estimate of drug-likeness (QED) is 0.422. The number of carbonyl (C=O) groups excluding carboxylic acids is 1. The fourth-order valence-electron chi connectivity index (χ4n) is 4.87. The third-order valence-corrected chi connectivity index (χ3v) is 6.66. The highest BCUT2D eigenvalue weighted by molar-refractivity contribution is 5.80. The molecule has 0 amide bonds. The van der Waals surface area contributed by atoms with Crippen molar-refractivity contribution >= 4 is 34.0 Å². The molecule has 0 bridgehead atoms. The maximum absolute atomic E-state index is 13.4. The summed E-state index contributed by atoms with van der Waals surface area (Å²) in [4.78, 5) is 46.4. The summed E-state index contributed by atoms with van der Waals surface area (Å²) in [5.41, 5.74) is 1.58. The highest BCUT2D eigenvalue weighted by Gasteiger charge is 2.32. The second kappa shape index (κ2) is 8.51. The molecule has 1 unspecified atom stereocenters. The van der Waals surface area contributed by atoms with Gasteiger partial charge < -0.3 is 19.6 Å². The molecule has 0 aliphatic heterocycles. The number of H-pyrrole nitrogens is 1. The van der Waals surface area contributed by atoms with E-state index >= 15 is 0 Å². The maximum Gasteiger partial charge on any atom is 0.332 e. The molecule has 1 aromatic carbocycles. The van der Waals surface area contributed by atoms with Gasteiger partial charge in [0.2, 0.25) is 5.95 Å². The normalized spacial score (nSPS) is 18.1. The molecule has 1 aliphatic carbocycles. The number of carbonyl (C=O) groups is 1. The van der Waals surface area contributed by atoms with Gasteiger partial charge >= 0.3 is 11.7 Å². The van der Waals surface area contributed by atoms with Crippen LogP contribution in [0.15, 0.2) is 39.9 Å². The molecule has 3 heterocycles. The van der Waals surface area contributed by atoms with Crippen LogP contribution in [0.25, 0.3) is 22.1 Å². The van der Waals surface area contributed by atoms with Gasteiger partial charge in [-0.15, -0.1) is 0 Å². The van der Waals surface area contributed by atoms with Crippen LogP contribution < -0.4 is 16.6 Å². The second-order valence-electron chi connectivity index (χ2n) is 8.88. The number of imidazole rings is 1. The molecular weight excluding hydrogens is 436 g/mol. The molecule has 1 fully saturated rings. The van der Waals surface area contributed by atoms with Crippen molar-refractivity contribution in [2.75, 3.05) is 11.9 Å². The van der Waals surface area contributed by atoms with Crippen molar-refractivity contribution in [2.24, 2.45) is 20.0 Å². The zero-order valence-electron chi connectivity index (χ0n) is 19.5. The third-order valence-electron chi connectivity index (χ3n) is 6.66. The van der Waals surface area contributed by atoms with Crippen molar-refractivity contribution in [1.29, 1.82) is 0 Å². The summed E-state index contributed by atoms with van der Waals surface area (Å²) < 4.78 is 9.47. The van der Waals surface area contributed by atoms with Crippen LogP contribution in [0.5, 0.6) is 0 Å². The largest absolute Gasteiger partial charge is 0.466 e. The zero-order chi connectivity index (χ0) is 24.0. The molecule has 0 saturated heterocycles. The number of para-hydroxylation sites is 1. The number of ether oxygens (including phenoxy) is 1. The topological polar surface area (TPSA) is 116 Å². The van der Waals surface area contributed by atoms with Gasteiger partial charge in [0, 0.05) is 31.3 Å². The van der Waals surface area contributed by atoms with E-state index in [0.29, 0.717) is 30.1 Å². The summed E-state index contributed by atoms with van der Waals surface area (Å²) in [5, 5.41) is 4.38. The van der Waals surface area contributed by atoms with Gasteiger partial charge in [0.25, 0.3) is 5.56 Å². The van der Waals surface area contributed by atoms with E-state index in [0.717, 1.165) is 29.4 Å². The molecule has 10 heteroatoms. The minimum Gasteiger partial charge on any atom is -0.466 e. The fraction of sp³-hybridized carbons (Fsp3) is 0.417. The van der Waals surface area contributed by atoms with Gasteiger partial charge in [-0.3, -0.25) is 18.7 Å². The zero-order valence-corrected chi connectivity index (χ0v) is 19.5. The van der Waals surface area contributed by atoms with E-state index in [1.54, 1.807) is 25.6 Å². The van der Waals surface area contributed by atoms with Crippen LogP contribution in [0.3, 0.4) is 0 Å². The predicted molar refractivity (Wildman–Crippen MR) is 129 cm³/mol. The Morgan fingerprint density at radius 1 is 1.21 bits per heavy atom. The Hall–Kier alpha value is -3.82. The number of hydrogen-bond acceptors (Lipinski definition) is 6. The minimum absolute atomic E-state index is 0.0375. The monoisotopic (exact) mass is 464 g/mol. The van der Waals surface area contributed by atoms with Crippen molar-refractivity contribution in [3.05, 3.63) is 56.9 Å². The van der Waals surface area contributed by atoms with Crippen molar-refractivity contribution in [2.45, 2.75) is 38.8 Å². The minimum atomic E-state index is -0.427. The maximum atomic E-state index is 13.4. The summed E-state index contributed by atoms with van der Waals surface area (Å²) in [6.07, 6.45) is 2.19. The smallest absolute Gasteiger partial charge is 0.332 e. The van der Waals surface area contributed by atoms with E-state index in [-0.39, 0.29) is 24.5 Å². The Balaban J connectivity index is 1.47. The van der Waals surface area contributed by atoms with Crippen molar-refractivity contribution in [3.63, 3.8) is 0 Å². The molecule has 3 aromatic heterocycles. The van der Waals surface area contributed by atoms with Crippen LogP contribution in [0.4, 0.5) is 5.95 Å². The molecule has 4 aromatic rings.